The van der Waals surface area contributed by atoms with Gasteiger partial charge in [0.2, 0.25) is 0 Å². The summed E-state index contributed by atoms with van der Waals surface area (Å²) in [6.07, 6.45) is 3.07. The maximum Gasteiger partial charge on any atom is 0.151 e. The van der Waals surface area contributed by atoms with Gasteiger partial charge in [-0.25, -0.2) is 8.42 Å². The minimum Gasteiger partial charge on any atom is -0.378 e. The summed E-state index contributed by atoms with van der Waals surface area (Å²) < 4.78 is 28.0. The van der Waals surface area contributed by atoms with E-state index in [9.17, 15) is 8.42 Å². The van der Waals surface area contributed by atoms with E-state index in [1.807, 2.05) is 0 Å². The second-order valence-electron chi connectivity index (χ2n) is 4.67. The molecule has 15 heavy (non-hydrogen) atoms. The van der Waals surface area contributed by atoms with Crippen LogP contribution in [0.25, 0.3) is 0 Å². The zero-order chi connectivity index (χ0) is 10.9. The summed E-state index contributed by atoms with van der Waals surface area (Å²) in [5.74, 6) is 0.669. The third-order valence-corrected chi connectivity index (χ3v) is 4.96. The molecule has 3 atom stereocenters. The molecular weight excluding hydrogens is 214 g/mol. The van der Waals surface area contributed by atoms with Crippen LogP contribution >= 0.6 is 0 Å². The Morgan fingerprint density at radius 1 is 1.27 bits per heavy atom. The lowest BCUT2D eigenvalue weighted by Crippen LogP contribution is -2.44. The second kappa shape index (κ2) is 4.39. The molecule has 1 N–H and O–H groups in total. The van der Waals surface area contributed by atoms with Gasteiger partial charge in [-0.3, -0.25) is 0 Å². The average molecular weight is 233 g/mol. The van der Waals surface area contributed by atoms with Gasteiger partial charge in [0.05, 0.1) is 17.6 Å². The molecule has 0 bridgehead atoms. The SMILES string of the molecule is CC1CC(NC2CCS(=O)(=O)C2)CCO1. The van der Waals surface area contributed by atoms with Gasteiger partial charge in [0.25, 0.3) is 0 Å². The first kappa shape index (κ1) is 11.4. The lowest BCUT2D eigenvalue weighted by Gasteiger charge is -2.30. The van der Waals surface area contributed by atoms with Crippen LogP contribution in [-0.4, -0.2) is 44.7 Å². The summed E-state index contributed by atoms with van der Waals surface area (Å²) in [6, 6.07) is 0.609. The molecule has 2 aliphatic heterocycles. The van der Waals surface area contributed by atoms with E-state index >= 15 is 0 Å². The molecule has 2 rings (SSSR count). The van der Waals surface area contributed by atoms with E-state index < -0.39 is 9.84 Å². The van der Waals surface area contributed by atoms with Gasteiger partial charge in [-0.2, -0.15) is 0 Å². The maximum atomic E-state index is 11.3. The molecule has 0 aromatic carbocycles. The molecule has 0 radical (unpaired) electrons. The highest BCUT2D eigenvalue weighted by Gasteiger charge is 2.30. The van der Waals surface area contributed by atoms with Gasteiger partial charge in [0, 0.05) is 18.7 Å². The van der Waals surface area contributed by atoms with Crippen LogP contribution in [0.4, 0.5) is 0 Å². The maximum absolute atomic E-state index is 11.3. The lowest BCUT2D eigenvalue weighted by atomic mass is 10.0. The molecule has 4 nitrogen and oxygen atoms in total. The van der Waals surface area contributed by atoms with E-state index in [0.717, 1.165) is 25.9 Å². The largest absolute Gasteiger partial charge is 0.378 e. The fraction of sp³-hybridized carbons (Fsp3) is 1.00. The van der Waals surface area contributed by atoms with Crippen molar-refractivity contribution in [3.8, 4) is 0 Å². The van der Waals surface area contributed by atoms with E-state index in [2.05, 4.69) is 12.2 Å². The highest BCUT2D eigenvalue weighted by Crippen LogP contribution is 2.17. The van der Waals surface area contributed by atoms with Crippen LogP contribution in [0, 0.1) is 0 Å². The van der Waals surface area contributed by atoms with Crippen LogP contribution in [0.3, 0.4) is 0 Å². The van der Waals surface area contributed by atoms with Crippen LogP contribution < -0.4 is 5.32 Å². The Morgan fingerprint density at radius 2 is 2.07 bits per heavy atom. The smallest absolute Gasteiger partial charge is 0.151 e. The molecule has 5 heteroatoms. The van der Waals surface area contributed by atoms with Crippen molar-refractivity contribution in [2.75, 3.05) is 18.1 Å². The molecule has 3 unspecified atom stereocenters. The number of rotatable bonds is 2. The Bertz CT molecular complexity index is 315. The van der Waals surface area contributed by atoms with Crippen molar-refractivity contribution in [2.45, 2.75) is 44.4 Å². The highest BCUT2D eigenvalue weighted by molar-refractivity contribution is 7.91. The zero-order valence-corrected chi connectivity index (χ0v) is 9.92. The van der Waals surface area contributed by atoms with Gasteiger partial charge >= 0.3 is 0 Å². The molecule has 0 spiro atoms. The Labute approximate surface area is 91.3 Å². The van der Waals surface area contributed by atoms with Crippen LogP contribution in [0.5, 0.6) is 0 Å². The van der Waals surface area contributed by atoms with Gasteiger partial charge < -0.3 is 10.1 Å². The first-order valence-electron chi connectivity index (χ1n) is 5.63. The summed E-state index contributed by atoms with van der Waals surface area (Å²) in [5.41, 5.74) is 0. The number of sulfone groups is 1. The predicted molar refractivity (Wildman–Crippen MR) is 58.6 cm³/mol. The first-order chi connectivity index (χ1) is 7.05. The van der Waals surface area contributed by atoms with Gasteiger partial charge in [-0.05, 0) is 26.2 Å². The van der Waals surface area contributed by atoms with Crippen molar-refractivity contribution in [1.29, 1.82) is 0 Å². The van der Waals surface area contributed by atoms with Crippen molar-refractivity contribution in [3.63, 3.8) is 0 Å². The molecule has 0 amide bonds. The topological polar surface area (TPSA) is 55.4 Å². The third kappa shape index (κ3) is 3.16. The van der Waals surface area contributed by atoms with Crippen molar-refractivity contribution in [3.05, 3.63) is 0 Å². The molecule has 2 fully saturated rings. The molecule has 88 valence electrons. The monoisotopic (exact) mass is 233 g/mol. The summed E-state index contributed by atoms with van der Waals surface area (Å²) in [6.45, 7) is 2.86. The zero-order valence-electron chi connectivity index (χ0n) is 9.11. The molecule has 2 saturated heterocycles. The standard InChI is InChI=1S/C10H19NO3S/c1-8-6-9(2-4-14-8)11-10-3-5-15(12,13)7-10/h8-11H,2-7H2,1H3. The van der Waals surface area contributed by atoms with E-state index in [1.165, 1.54) is 0 Å². The number of hydrogen-bond acceptors (Lipinski definition) is 4. The molecule has 2 aliphatic rings. The predicted octanol–water partition coefficient (Wildman–Crippen LogP) is 0.331. The van der Waals surface area contributed by atoms with Gasteiger partial charge in [0.15, 0.2) is 9.84 Å². The number of hydrogen-bond donors (Lipinski definition) is 1. The third-order valence-electron chi connectivity index (χ3n) is 3.19. The van der Waals surface area contributed by atoms with Crippen molar-refractivity contribution >= 4 is 9.84 Å². The van der Waals surface area contributed by atoms with E-state index in [0.29, 0.717) is 23.7 Å². The second-order valence-corrected chi connectivity index (χ2v) is 6.90. The van der Waals surface area contributed by atoms with Crippen molar-refractivity contribution in [1.82, 2.24) is 5.32 Å². The number of ether oxygens (including phenoxy) is 1. The normalized spacial score (nSPS) is 40.5. The van der Waals surface area contributed by atoms with Crippen LogP contribution in [-0.2, 0) is 14.6 Å². The molecule has 0 saturated carbocycles. The molecule has 0 aliphatic carbocycles. The Kier molecular flexibility index (Phi) is 3.33. The van der Waals surface area contributed by atoms with Crippen LogP contribution in [0.15, 0.2) is 0 Å². The Balaban J connectivity index is 1.82. The Morgan fingerprint density at radius 3 is 2.67 bits per heavy atom. The van der Waals surface area contributed by atoms with Gasteiger partial charge in [0.1, 0.15) is 0 Å². The van der Waals surface area contributed by atoms with Gasteiger partial charge in [-0.15, -0.1) is 0 Å². The Hall–Kier alpha value is -0.130. The summed E-state index contributed by atoms with van der Waals surface area (Å²) in [7, 11) is -2.75. The van der Waals surface area contributed by atoms with E-state index in [4.69, 9.17) is 4.74 Å². The lowest BCUT2D eigenvalue weighted by molar-refractivity contribution is 0.0118. The van der Waals surface area contributed by atoms with Crippen molar-refractivity contribution in [2.24, 2.45) is 0 Å². The first-order valence-corrected chi connectivity index (χ1v) is 7.45. The number of nitrogens with one attached hydrogen (secondary N) is 1. The van der Waals surface area contributed by atoms with Crippen LogP contribution in [0.2, 0.25) is 0 Å². The quantitative estimate of drug-likeness (QED) is 0.747. The minimum atomic E-state index is -2.75. The van der Waals surface area contributed by atoms with E-state index in [1.54, 1.807) is 0 Å². The summed E-state index contributed by atoms with van der Waals surface area (Å²) in [4.78, 5) is 0. The molecule has 0 aromatic heterocycles. The summed E-state index contributed by atoms with van der Waals surface area (Å²) in [5, 5.41) is 3.44. The molecule has 0 aromatic rings. The van der Waals surface area contributed by atoms with Crippen LogP contribution in [0.1, 0.15) is 26.2 Å². The van der Waals surface area contributed by atoms with E-state index in [-0.39, 0.29) is 6.04 Å². The fourth-order valence-electron chi connectivity index (χ4n) is 2.41. The fourth-order valence-corrected chi connectivity index (χ4v) is 4.10. The summed E-state index contributed by atoms with van der Waals surface area (Å²) >= 11 is 0. The molecule has 2 heterocycles. The van der Waals surface area contributed by atoms with Crippen molar-refractivity contribution < 1.29 is 13.2 Å². The highest BCUT2D eigenvalue weighted by atomic mass is 32.2. The minimum absolute atomic E-state index is 0.172. The molecular formula is C10H19NO3S. The van der Waals surface area contributed by atoms with Gasteiger partial charge in [-0.1, -0.05) is 0 Å². The average Bonchev–Trinajstić information content (AvgIpc) is 2.45.